The minimum absolute atomic E-state index is 0.0211. The van der Waals surface area contributed by atoms with Crippen molar-refractivity contribution in [3.63, 3.8) is 0 Å². The lowest BCUT2D eigenvalue weighted by atomic mass is 9.97. The number of hydrogen-bond donors (Lipinski definition) is 2. The van der Waals surface area contributed by atoms with Crippen LogP contribution in [0, 0.1) is 6.92 Å². The maximum absolute atomic E-state index is 12.8. The minimum atomic E-state index is -0.561. The number of piperidine rings is 1. The molecule has 0 spiro atoms. The summed E-state index contributed by atoms with van der Waals surface area (Å²) in [4.78, 5) is 38.8. The van der Waals surface area contributed by atoms with E-state index in [1.807, 2.05) is 46.9 Å². The summed E-state index contributed by atoms with van der Waals surface area (Å²) < 4.78 is 7.18. The smallest absolute Gasteiger partial charge is 0.267 e. The van der Waals surface area contributed by atoms with E-state index in [1.54, 1.807) is 13.3 Å². The van der Waals surface area contributed by atoms with Crippen LogP contribution in [0.5, 0.6) is 5.75 Å². The van der Waals surface area contributed by atoms with Crippen LogP contribution in [-0.2, 0) is 11.3 Å². The molecule has 32 heavy (non-hydrogen) atoms. The Labute approximate surface area is 186 Å². The van der Waals surface area contributed by atoms with Crippen molar-refractivity contribution in [3.8, 4) is 17.0 Å². The summed E-state index contributed by atoms with van der Waals surface area (Å²) in [5.41, 5.74) is 7.20. The molecule has 1 aromatic carbocycles. The molecule has 0 unspecified atom stereocenters. The Bertz CT molecular complexity index is 1100. The second-order valence-electron chi connectivity index (χ2n) is 8.04. The topological polar surface area (TPSA) is 119 Å². The molecule has 3 heterocycles. The SMILES string of the molecule is COc1ccc(-c2nc([C@@H]3CCCN(C(=O)CCn4ccnc4C)C3)[nH]c2C(N)=O)cc1. The van der Waals surface area contributed by atoms with Gasteiger partial charge >= 0.3 is 0 Å². The molecule has 9 heteroatoms. The number of primary amides is 1. The summed E-state index contributed by atoms with van der Waals surface area (Å²) in [5.74, 6) is 1.88. The molecule has 3 aromatic rings. The van der Waals surface area contributed by atoms with Crippen LogP contribution in [-0.4, -0.2) is 56.4 Å². The molecule has 2 aromatic heterocycles. The summed E-state index contributed by atoms with van der Waals surface area (Å²) in [6.07, 6.45) is 5.82. The number of aromatic amines is 1. The van der Waals surface area contributed by atoms with Crippen molar-refractivity contribution in [2.75, 3.05) is 20.2 Å². The van der Waals surface area contributed by atoms with Crippen molar-refractivity contribution in [3.05, 3.63) is 54.0 Å². The van der Waals surface area contributed by atoms with E-state index in [4.69, 9.17) is 15.5 Å². The number of ether oxygens (including phenoxy) is 1. The van der Waals surface area contributed by atoms with Gasteiger partial charge in [0.15, 0.2) is 0 Å². The number of carbonyl (C=O) groups excluding carboxylic acids is 2. The summed E-state index contributed by atoms with van der Waals surface area (Å²) in [5, 5.41) is 0. The lowest BCUT2D eigenvalue weighted by molar-refractivity contribution is -0.132. The second kappa shape index (κ2) is 9.25. The Hall–Kier alpha value is -3.62. The van der Waals surface area contributed by atoms with Crippen molar-refractivity contribution >= 4 is 11.8 Å². The van der Waals surface area contributed by atoms with Crippen LogP contribution in [0.1, 0.15) is 47.3 Å². The standard InChI is InChI=1S/C23H28N6O3/c1-15-25-10-13-28(15)12-9-19(30)29-11-3-4-17(14-29)23-26-20(21(27-23)22(24)31)16-5-7-18(32-2)8-6-16/h5-8,10,13,17H,3-4,9,11-12,14H2,1-2H3,(H2,24,31)(H,26,27)/t17-/m1/s1. The number of H-pyrrole nitrogens is 1. The molecule has 2 amide bonds. The van der Waals surface area contributed by atoms with Gasteiger partial charge in [0, 0.05) is 49.9 Å². The Morgan fingerprint density at radius 1 is 1.28 bits per heavy atom. The van der Waals surface area contributed by atoms with E-state index in [1.165, 1.54) is 0 Å². The molecule has 1 atom stereocenters. The highest BCUT2D eigenvalue weighted by Crippen LogP contribution is 2.30. The van der Waals surface area contributed by atoms with Crippen LogP contribution in [0.15, 0.2) is 36.7 Å². The number of nitrogens with two attached hydrogens (primary N) is 1. The first kappa shape index (κ1) is 21.6. The summed E-state index contributed by atoms with van der Waals surface area (Å²) in [6, 6.07) is 7.33. The number of carbonyl (C=O) groups is 2. The van der Waals surface area contributed by atoms with Gasteiger partial charge in [0.25, 0.3) is 5.91 Å². The molecule has 0 radical (unpaired) electrons. The number of aromatic nitrogens is 4. The molecular formula is C23H28N6O3. The molecule has 0 aliphatic carbocycles. The van der Waals surface area contributed by atoms with Gasteiger partial charge in [0.2, 0.25) is 5.91 Å². The molecule has 9 nitrogen and oxygen atoms in total. The van der Waals surface area contributed by atoms with E-state index in [2.05, 4.69) is 9.97 Å². The normalized spacial score (nSPS) is 16.2. The molecule has 168 valence electrons. The number of methoxy groups -OCH3 is 1. The maximum atomic E-state index is 12.8. The number of rotatable bonds is 7. The molecule has 3 N–H and O–H groups in total. The summed E-state index contributed by atoms with van der Waals surface area (Å²) in [6.45, 7) is 3.83. The highest BCUT2D eigenvalue weighted by molar-refractivity contribution is 5.97. The van der Waals surface area contributed by atoms with Crippen molar-refractivity contribution < 1.29 is 14.3 Å². The van der Waals surface area contributed by atoms with Crippen LogP contribution < -0.4 is 10.5 Å². The largest absolute Gasteiger partial charge is 0.497 e. The Morgan fingerprint density at radius 3 is 2.72 bits per heavy atom. The molecule has 0 bridgehead atoms. The number of likely N-dealkylation sites (tertiary alicyclic amines) is 1. The molecule has 1 saturated heterocycles. The predicted molar refractivity (Wildman–Crippen MR) is 119 cm³/mol. The number of amides is 2. The zero-order valence-electron chi connectivity index (χ0n) is 18.4. The van der Waals surface area contributed by atoms with Crippen LogP contribution >= 0.6 is 0 Å². The van der Waals surface area contributed by atoms with E-state index in [9.17, 15) is 9.59 Å². The number of imidazole rings is 2. The zero-order valence-corrected chi connectivity index (χ0v) is 18.4. The van der Waals surface area contributed by atoms with Gasteiger partial charge < -0.3 is 24.9 Å². The van der Waals surface area contributed by atoms with Crippen molar-refractivity contribution in [1.82, 2.24) is 24.4 Å². The first-order valence-corrected chi connectivity index (χ1v) is 10.8. The van der Waals surface area contributed by atoms with Gasteiger partial charge in [-0.3, -0.25) is 9.59 Å². The zero-order chi connectivity index (χ0) is 22.7. The first-order valence-electron chi connectivity index (χ1n) is 10.8. The van der Waals surface area contributed by atoms with Crippen LogP contribution in [0.4, 0.5) is 0 Å². The monoisotopic (exact) mass is 436 g/mol. The Kier molecular flexibility index (Phi) is 6.25. The number of hydrogen-bond acceptors (Lipinski definition) is 5. The molecule has 1 aliphatic heterocycles. The molecule has 0 saturated carbocycles. The van der Waals surface area contributed by atoms with Crippen LogP contribution in [0.3, 0.4) is 0 Å². The maximum Gasteiger partial charge on any atom is 0.267 e. The number of benzene rings is 1. The fraction of sp³-hybridized carbons (Fsp3) is 0.391. The third-order valence-electron chi connectivity index (χ3n) is 5.98. The lowest BCUT2D eigenvalue weighted by Gasteiger charge is -2.32. The highest BCUT2D eigenvalue weighted by Gasteiger charge is 2.28. The summed E-state index contributed by atoms with van der Waals surface area (Å²) >= 11 is 0. The third-order valence-corrected chi connectivity index (χ3v) is 5.98. The number of nitrogens with zero attached hydrogens (tertiary/aromatic N) is 4. The van der Waals surface area contributed by atoms with E-state index in [0.29, 0.717) is 31.0 Å². The highest BCUT2D eigenvalue weighted by atomic mass is 16.5. The van der Waals surface area contributed by atoms with E-state index < -0.39 is 5.91 Å². The molecule has 1 aliphatic rings. The number of nitrogens with one attached hydrogen (secondary N) is 1. The average Bonchev–Trinajstić information content (AvgIpc) is 3.44. The van der Waals surface area contributed by atoms with Gasteiger partial charge in [-0.25, -0.2) is 9.97 Å². The third kappa shape index (κ3) is 4.51. The van der Waals surface area contributed by atoms with Gasteiger partial charge in [-0.15, -0.1) is 0 Å². The van der Waals surface area contributed by atoms with Gasteiger partial charge in [-0.1, -0.05) is 0 Å². The fourth-order valence-electron chi connectivity index (χ4n) is 4.16. The molecular weight excluding hydrogens is 408 g/mol. The van der Waals surface area contributed by atoms with E-state index in [-0.39, 0.29) is 17.5 Å². The lowest BCUT2D eigenvalue weighted by Crippen LogP contribution is -2.39. The first-order chi connectivity index (χ1) is 15.5. The molecule has 1 fully saturated rings. The van der Waals surface area contributed by atoms with Crippen molar-refractivity contribution in [2.24, 2.45) is 5.73 Å². The Balaban J connectivity index is 1.49. The Morgan fingerprint density at radius 2 is 2.06 bits per heavy atom. The average molecular weight is 437 g/mol. The summed E-state index contributed by atoms with van der Waals surface area (Å²) in [7, 11) is 1.60. The van der Waals surface area contributed by atoms with Gasteiger partial charge in [-0.2, -0.15) is 0 Å². The van der Waals surface area contributed by atoms with Gasteiger partial charge in [0.1, 0.15) is 28.8 Å². The van der Waals surface area contributed by atoms with Crippen molar-refractivity contribution in [2.45, 2.75) is 38.6 Å². The fourth-order valence-corrected chi connectivity index (χ4v) is 4.16. The van der Waals surface area contributed by atoms with E-state index in [0.717, 1.165) is 36.5 Å². The van der Waals surface area contributed by atoms with Gasteiger partial charge in [0.05, 0.1) is 7.11 Å². The van der Waals surface area contributed by atoms with Crippen LogP contribution in [0.2, 0.25) is 0 Å². The van der Waals surface area contributed by atoms with Crippen LogP contribution in [0.25, 0.3) is 11.3 Å². The quantitative estimate of drug-likeness (QED) is 0.590. The second-order valence-corrected chi connectivity index (χ2v) is 8.04. The number of aryl methyl sites for hydroxylation is 2. The minimum Gasteiger partial charge on any atom is -0.497 e. The van der Waals surface area contributed by atoms with Crippen molar-refractivity contribution in [1.29, 1.82) is 0 Å². The predicted octanol–water partition coefficient (Wildman–Crippen LogP) is 2.49. The molecule has 4 rings (SSSR count). The van der Waals surface area contributed by atoms with Gasteiger partial charge in [-0.05, 0) is 44.0 Å². The van der Waals surface area contributed by atoms with E-state index >= 15 is 0 Å².